The highest BCUT2D eigenvalue weighted by molar-refractivity contribution is 8.14. The topological polar surface area (TPSA) is 57.7 Å². The molecule has 3 amide bonds. The van der Waals surface area contributed by atoms with E-state index in [9.17, 15) is 14.4 Å². The lowest BCUT2D eigenvalue weighted by Gasteiger charge is -2.42. The first-order valence-corrected chi connectivity index (χ1v) is 7.35. The van der Waals surface area contributed by atoms with Crippen LogP contribution in [0.4, 0.5) is 4.79 Å². The van der Waals surface area contributed by atoms with Crippen LogP contribution in [0.3, 0.4) is 0 Å². The third-order valence-corrected chi connectivity index (χ3v) is 4.72. The Labute approximate surface area is 112 Å². The number of carbonyl (C=O) groups is 3. The summed E-state index contributed by atoms with van der Waals surface area (Å²) in [5.41, 5.74) is 0. The Morgan fingerprint density at radius 3 is 2.67 bits per heavy atom. The third kappa shape index (κ3) is 1.83. The molecule has 18 heavy (non-hydrogen) atoms. The smallest absolute Gasteiger partial charge is 0.289 e. The van der Waals surface area contributed by atoms with Crippen LogP contribution in [0, 0.1) is 0 Å². The molecule has 0 aromatic carbocycles. The van der Waals surface area contributed by atoms with Crippen LogP contribution in [0.1, 0.15) is 9.67 Å². The lowest BCUT2D eigenvalue weighted by atomic mass is 10.1. The highest BCUT2D eigenvalue weighted by Crippen LogP contribution is 2.27. The second-order valence-electron chi connectivity index (χ2n) is 4.16. The summed E-state index contributed by atoms with van der Waals surface area (Å²) in [5.74, 6) is 0.0695. The normalized spacial score (nSPS) is 20.4. The van der Waals surface area contributed by atoms with Crippen molar-refractivity contribution in [1.82, 2.24) is 9.80 Å². The summed E-state index contributed by atoms with van der Waals surface area (Å²) in [6.07, 6.45) is 0. The quantitative estimate of drug-likeness (QED) is 0.819. The van der Waals surface area contributed by atoms with E-state index in [2.05, 4.69) is 0 Å². The van der Waals surface area contributed by atoms with Crippen molar-refractivity contribution in [1.29, 1.82) is 0 Å². The van der Waals surface area contributed by atoms with Gasteiger partial charge in [-0.25, -0.2) is 0 Å². The van der Waals surface area contributed by atoms with Crippen molar-refractivity contribution in [3.8, 4) is 0 Å². The second kappa shape index (κ2) is 4.40. The maximum absolute atomic E-state index is 12.0. The number of amides is 3. The van der Waals surface area contributed by atoms with Gasteiger partial charge in [0.1, 0.15) is 0 Å². The summed E-state index contributed by atoms with van der Waals surface area (Å²) < 4.78 is 0. The van der Waals surface area contributed by atoms with E-state index in [1.807, 2.05) is 11.4 Å². The average molecular weight is 282 g/mol. The van der Waals surface area contributed by atoms with Gasteiger partial charge in [-0.2, -0.15) is 0 Å². The monoisotopic (exact) mass is 282 g/mol. The van der Waals surface area contributed by atoms with Crippen LogP contribution in [-0.4, -0.2) is 51.7 Å². The van der Waals surface area contributed by atoms with Gasteiger partial charge in [-0.15, -0.1) is 11.3 Å². The lowest BCUT2D eigenvalue weighted by molar-refractivity contribution is -0.128. The molecular weight excluding hydrogens is 272 g/mol. The fraction of sp³-hybridized carbons (Fsp3) is 0.364. The van der Waals surface area contributed by atoms with E-state index in [4.69, 9.17) is 0 Å². The molecule has 2 fully saturated rings. The Morgan fingerprint density at radius 2 is 2.11 bits per heavy atom. The maximum Gasteiger partial charge on any atom is 0.289 e. The number of thioether (sulfide) groups is 1. The number of imide groups is 1. The van der Waals surface area contributed by atoms with Gasteiger partial charge in [0.25, 0.3) is 11.1 Å². The SMILES string of the molecule is O=C(c1cccs1)N1CC(N2C(=O)CSC2=O)C1. The Balaban J connectivity index is 1.62. The molecule has 2 saturated heterocycles. The van der Waals surface area contributed by atoms with E-state index in [1.54, 1.807) is 11.0 Å². The van der Waals surface area contributed by atoms with E-state index in [0.717, 1.165) is 11.8 Å². The van der Waals surface area contributed by atoms with Gasteiger partial charge in [-0.05, 0) is 11.4 Å². The summed E-state index contributed by atoms with van der Waals surface area (Å²) >= 11 is 2.43. The van der Waals surface area contributed by atoms with Gasteiger partial charge in [0.15, 0.2) is 0 Å². The highest BCUT2D eigenvalue weighted by atomic mass is 32.2. The Hall–Kier alpha value is -1.34. The number of carbonyl (C=O) groups excluding carboxylic acids is 3. The predicted octanol–water partition coefficient (Wildman–Crippen LogP) is 1.27. The molecule has 0 atom stereocenters. The molecule has 1 aromatic rings. The standard InChI is InChI=1S/C11H10N2O3S2/c14-9-6-18-11(16)13(9)7-4-12(5-7)10(15)8-2-1-3-17-8/h1-3,7H,4-6H2. The molecule has 0 radical (unpaired) electrons. The molecule has 0 spiro atoms. The number of hydrogen-bond acceptors (Lipinski definition) is 5. The number of thiophene rings is 1. The van der Waals surface area contributed by atoms with Crippen LogP contribution < -0.4 is 0 Å². The zero-order valence-electron chi connectivity index (χ0n) is 9.37. The minimum absolute atomic E-state index is 0.0204. The van der Waals surface area contributed by atoms with Crippen LogP contribution in [0.15, 0.2) is 17.5 Å². The summed E-state index contributed by atoms with van der Waals surface area (Å²) in [6.45, 7) is 0.906. The van der Waals surface area contributed by atoms with E-state index in [1.165, 1.54) is 16.2 Å². The summed E-state index contributed by atoms with van der Waals surface area (Å²) in [5, 5.41) is 1.67. The molecule has 3 heterocycles. The van der Waals surface area contributed by atoms with Crippen LogP contribution in [-0.2, 0) is 4.79 Å². The minimum Gasteiger partial charge on any atom is -0.334 e. The summed E-state index contributed by atoms with van der Waals surface area (Å²) in [7, 11) is 0. The molecule has 2 aliphatic rings. The molecule has 0 aliphatic carbocycles. The lowest BCUT2D eigenvalue weighted by Crippen LogP contribution is -2.62. The van der Waals surface area contributed by atoms with Crippen molar-refractivity contribution in [2.75, 3.05) is 18.8 Å². The Bertz CT molecular complexity index is 492. The molecular formula is C11H10N2O3S2. The van der Waals surface area contributed by atoms with Crippen molar-refractivity contribution in [2.24, 2.45) is 0 Å². The molecule has 7 heteroatoms. The second-order valence-corrected chi connectivity index (χ2v) is 6.03. The van der Waals surface area contributed by atoms with Gasteiger partial charge < -0.3 is 4.90 Å². The van der Waals surface area contributed by atoms with Gasteiger partial charge >= 0.3 is 0 Å². The predicted molar refractivity (Wildman–Crippen MR) is 68.7 cm³/mol. The van der Waals surface area contributed by atoms with E-state index >= 15 is 0 Å². The highest BCUT2D eigenvalue weighted by Gasteiger charge is 2.43. The fourth-order valence-corrected chi connectivity index (χ4v) is 3.52. The zero-order valence-corrected chi connectivity index (χ0v) is 11.0. The molecule has 94 valence electrons. The molecule has 5 nitrogen and oxygen atoms in total. The molecule has 0 bridgehead atoms. The fourth-order valence-electron chi connectivity index (χ4n) is 2.06. The molecule has 0 N–H and O–H groups in total. The molecule has 0 unspecified atom stereocenters. The van der Waals surface area contributed by atoms with Crippen LogP contribution in [0.2, 0.25) is 0 Å². The Kier molecular flexibility index (Phi) is 2.87. The average Bonchev–Trinajstić information content (AvgIpc) is 2.90. The molecule has 3 rings (SSSR count). The summed E-state index contributed by atoms with van der Waals surface area (Å²) in [4.78, 5) is 38.6. The largest absolute Gasteiger partial charge is 0.334 e. The molecule has 2 aliphatic heterocycles. The third-order valence-electron chi connectivity index (χ3n) is 3.03. The zero-order chi connectivity index (χ0) is 12.7. The van der Waals surface area contributed by atoms with E-state index in [-0.39, 0.29) is 28.8 Å². The number of nitrogens with zero attached hydrogens (tertiary/aromatic N) is 2. The van der Waals surface area contributed by atoms with E-state index < -0.39 is 0 Å². The van der Waals surface area contributed by atoms with Gasteiger partial charge in [0, 0.05) is 13.1 Å². The van der Waals surface area contributed by atoms with Crippen molar-refractivity contribution < 1.29 is 14.4 Å². The molecule has 0 saturated carbocycles. The molecule has 1 aromatic heterocycles. The van der Waals surface area contributed by atoms with Crippen LogP contribution in [0.5, 0.6) is 0 Å². The van der Waals surface area contributed by atoms with Gasteiger partial charge in [0.2, 0.25) is 5.91 Å². The first kappa shape index (κ1) is 11.7. The van der Waals surface area contributed by atoms with Crippen molar-refractivity contribution in [2.45, 2.75) is 6.04 Å². The van der Waals surface area contributed by atoms with Gasteiger partial charge in [0.05, 0.1) is 16.7 Å². The van der Waals surface area contributed by atoms with Gasteiger partial charge in [-0.3, -0.25) is 19.3 Å². The van der Waals surface area contributed by atoms with E-state index in [0.29, 0.717) is 18.0 Å². The van der Waals surface area contributed by atoms with Gasteiger partial charge in [-0.1, -0.05) is 17.8 Å². The maximum atomic E-state index is 12.0. The van der Waals surface area contributed by atoms with Crippen LogP contribution >= 0.6 is 23.1 Å². The van der Waals surface area contributed by atoms with Crippen molar-refractivity contribution in [3.63, 3.8) is 0 Å². The first-order valence-electron chi connectivity index (χ1n) is 5.48. The van der Waals surface area contributed by atoms with Crippen LogP contribution in [0.25, 0.3) is 0 Å². The Morgan fingerprint density at radius 1 is 1.33 bits per heavy atom. The number of rotatable bonds is 2. The first-order chi connectivity index (χ1) is 8.66. The number of likely N-dealkylation sites (tertiary alicyclic amines) is 1. The van der Waals surface area contributed by atoms with Crippen molar-refractivity contribution in [3.05, 3.63) is 22.4 Å². The van der Waals surface area contributed by atoms with Crippen molar-refractivity contribution >= 4 is 40.2 Å². The minimum atomic E-state index is -0.187. The number of hydrogen-bond donors (Lipinski definition) is 0. The summed E-state index contributed by atoms with van der Waals surface area (Å²) in [6, 6.07) is 3.48.